The summed E-state index contributed by atoms with van der Waals surface area (Å²) in [5.74, 6) is 0.496. The average molecular weight is 464 g/mol. The number of Topliss-reactive ketones (excluding diaryl/α,β-unsaturated/α-hetero) is 1. The van der Waals surface area contributed by atoms with Gasteiger partial charge in [0.25, 0.3) is 0 Å². The first kappa shape index (κ1) is 22.8. The number of hydrogen-bond donors (Lipinski definition) is 1. The molecule has 0 aliphatic heterocycles. The Morgan fingerprint density at radius 2 is 1.70 bits per heavy atom. The highest BCUT2D eigenvalue weighted by atomic mass is 32.2. The molecule has 1 atom stereocenters. The molecule has 0 aliphatic rings. The molecule has 7 nitrogen and oxygen atoms in total. The first-order valence-electron chi connectivity index (χ1n) is 10.8. The maximum atomic E-state index is 13.0. The Bertz CT molecular complexity index is 1360. The topological polar surface area (TPSA) is 102 Å². The van der Waals surface area contributed by atoms with Crippen LogP contribution in [0.1, 0.15) is 53.8 Å². The monoisotopic (exact) mass is 463 g/mol. The molecular weight excluding hydrogens is 438 g/mol. The number of carbonyl (C=O) groups excluding carboxylic acids is 1. The quantitative estimate of drug-likeness (QED) is 0.373. The molecule has 0 unspecified atom stereocenters. The van der Waals surface area contributed by atoms with Gasteiger partial charge >= 0.3 is 0 Å². The zero-order valence-electron chi connectivity index (χ0n) is 18.3. The predicted octanol–water partition coefficient (Wildman–Crippen LogP) is 4.21. The molecule has 0 saturated carbocycles. The van der Waals surface area contributed by atoms with Crippen LogP contribution in [0.15, 0.2) is 83.1 Å². The highest BCUT2D eigenvalue weighted by Gasteiger charge is 2.18. The fourth-order valence-corrected chi connectivity index (χ4v) is 4.90. The summed E-state index contributed by atoms with van der Waals surface area (Å²) < 4.78 is 27.6. The summed E-state index contributed by atoms with van der Waals surface area (Å²) in [5.41, 5.74) is 2.09. The number of imidazole rings is 1. The van der Waals surface area contributed by atoms with Crippen molar-refractivity contribution in [1.29, 1.82) is 0 Å². The second kappa shape index (κ2) is 9.64. The van der Waals surface area contributed by atoms with E-state index in [4.69, 9.17) is 0 Å². The van der Waals surface area contributed by atoms with Crippen molar-refractivity contribution in [2.75, 3.05) is 0 Å². The zero-order chi connectivity index (χ0) is 23.4. The molecule has 0 bridgehead atoms. The van der Waals surface area contributed by atoms with Crippen molar-refractivity contribution in [3.8, 4) is 0 Å². The van der Waals surface area contributed by atoms with Gasteiger partial charge in [-0.05, 0) is 48.2 Å². The third-order valence-electron chi connectivity index (χ3n) is 5.58. The van der Waals surface area contributed by atoms with Gasteiger partial charge in [-0.1, -0.05) is 37.6 Å². The first-order valence-corrected chi connectivity index (χ1v) is 12.3. The highest BCUT2D eigenvalue weighted by molar-refractivity contribution is 7.91. The standard InChI is InChI=1S/C25H25N3O4S/c1-2-3-23(29)19-7-11-22(12-8-19)33(31,32)21-9-4-18(5-10-21)6-13-24(30)20-16-27-25-26-14-15-28(25)17-20/h4-5,7-12,14-17,23,29H,2-3,6,13H2,1H3/t23-/m1/s1. The summed E-state index contributed by atoms with van der Waals surface area (Å²) >= 11 is 0. The van der Waals surface area contributed by atoms with Gasteiger partial charge in [0, 0.05) is 31.2 Å². The maximum Gasteiger partial charge on any atom is 0.233 e. The van der Waals surface area contributed by atoms with Crippen LogP contribution in [0.5, 0.6) is 0 Å². The van der Waals surface area contributed by atoms with Crippen LogP contribution < -0.4 is 0 Å². The lowest BCUT2D eigenvalue weighted by atomic mass is 10.0. The van der Waals surface area contributed by atoms with E-state index in [1.54, 1.807) is 59.4 Å². The van der Waals surface area contributed by atoms with Crippen LogP contribution in [0.3, 0.4) is 0 Å². The molecule has 1 N–H and O–H groups in total. The van der Waals surface area contributed by atoms with Crippen molar-refractivity contribution >= 4 is 21.4 Å². The number of aromatic nitrogens is 3. The number of aliphatic hydroxyl groups excluding tert-OH is 1. The summed E-state index contributed by atoms with van der Waals surface area (Å²) in [6.07, 6.45) is 8.25. The summed E-state index contributed by atoms with van der Waals surface area (Å²) in [6.45, 7) is 1.99. The number of aryl methyl sites for hydroxylation is 1. The van der Waals surface area contributed by atoms with E-state index in [9.17, 15) is 18.3 Å². The molecule has 0 saturated heterocycles. The molecule has 4 rings (SSSR count). The smallest absolute Gasteiger partial charge is 0.233 e. The van der Waals surface area contributed by atoms with Gasteiger partial charge in [0.1, 0.15) is 0 Å². The van der Waals surface area contributed by atoms with Gasteiger partial charge in [-0.2, -0.15) is 0 Å². The zero-order valence-corrected chi connectivity index (χ0v) is 19.1. The molecule has 2 aromatic carbocycles. The van der Waals surface area contributed by atoms with E-state index in [1.165, 1.54) is 18.3 Å². The van der Waals surface area contributed by atoms with Crippen LogP contribution in [-0.2, 0) is 16.3 Å². The van der Waals surface area contributed by atoms with Gasteiger partial charge < -0.3 is 5.11 Å². The second-order valence-electron chi connectivity index (χ2n) is 7.92. The number of benzene rings is 2. The van der Waals surface area contributed by atoms with Crippen LogP contribution in [0.25, 0.3) is 5.78 Å². The Hall–Kier alpha value is -3.36. The lowest BCUT2D eigenvalue weighted by molar-refractivity contribution is 0.0982. The van der Waals surface area contributed by atoms with Gasteiger partial charge in [0.15, 0.2) is 5.78 Å². The molecule has 0 fully saturated rings. The first-order chi connectivity index (χ1) is 15.9. The number of nitrogens with zero attached hydrogens (tertiary/aromatic N) is 3. The number of rotatable bonds is 9. The van der Waals surface area contributed by atoms with E-state index in [-0.39, 0.29) is 22.0 Å². The van der Waals surface area contributed by atoms with Crippen molar-refractivity contribution in [3.63, 3.8) is 0 Å². The third kappa shape index (κ3) is 5.02. The van der Waals surface area contributed by atoms with E-state index in [0.717, 1.165) is 12.0 Å². The van der Waals surface area contributed by atoms with Crippen LogP contribution >= 0.6 is 0 Å². The molecule has 0 amide bonds. The van der Waals surface area contributed by atoms with Crippen molar-refractivity contribution in [2.24, 2.45) is 0 Å². The van der Waals surface area contributed by atoms with Crippen LogP contribution in [-0.4, -0.2) is 33.7 Å². The molecular formula is C25H25N3O4S. The average Bonchev–Trinajstić information content (AvgIpc) is 3.31. The molecule has 0 radical (unpaired) electrons. The lowest BCUT2D eigenvalue weighted by Crippen LogP contribution is -2.05. The molecule has 2 heterocycles. The third-order valence-corrected chi connectivity index (χ3v) is 7.36. The Balaban J connectivity index is 1.42. The minimum Gasteiger partial charge on any atom is -0.388 e. The van der Waals surface area contributed by atoms with Crippen molar-refractivity contribution in [3.05, 3.63) is 90.0 Å². The van der Waals surface area contributed by atoms with Gasteiger partial charge in [-0.15, -0.1) is 0 Å². The normalized spacial score (nSPS) is 12.7. The van der Waals surface area contributed by atoms with Gasteiger partial charge in [-0.3, -0.25) is 9.20 Å². The van der Waals surface area contributed by atoms with E-state index < -0.39 is 15.9 Å². The number of fused-ring (bicyclic) bond motifs is 1. The van der Waals surface area contributed by atoms with Gasteiger partial charge in [-0.25, -0.2) is 18.4 Å². The fourth-order valence-electron chi connectivity index (χ4n) is 3.64. The maximum absolute atomic E-state index is 13.0. The number of ketones is 1. The minimum absolute atomic E-state index is 0.0415. The lowest BCUT2D eigenvalue weighted by Gasteiger charge is -2.11. The largest absolute Gasteiger partial charge is 0.388 e. The second-order valence-corrected chi connectivity index (χ2v) is 9.87. The van der Waals surface area contributed by atoms with Crippen molar-refractivity contribution in [2.45, 2.75) is 48.5 Å². The number of aliphatic hydroxyl groups is 1. The molecule has 2 aromatic heterocycles. The molecule has 4 aromatic rings. The van der Waals surface area contributed by atoms with Gasteiger partial charge in [0.05, 0.1) is 21.5 Å². The Morgan fingerprint density at radius 3 is 2.36 bits per heavy atom. The van der Waals surface area contributed by atoms with Gasteiger partial charge in [0.2, 0.25) is 15.6 Å². The molecule has 0 spiro atoms. The summed E-state index contributed by atoms with van der Waals surface area (Å²) in [7, 11) is -3.67. The van der Waals surface area contributed by atoms with Crippen LogP contribution in [0, 0.1) is 0 Å². The van der Waals surface area contributed by atoms with Crippen LogP contribution in [0.4, 0.5) is 0 Å². The van der Waals surface area contributed by atoms with E-state index in [0.29, 0.717) is 29.7 Å². The SMILES string of the molecule is CCC[C@@H](O)c1ccc(S(=O)(=O)c2ccc(CCC(=O)c3cnc4nccn4c3)cc2)cc1. The Morgan fingerprint density at radius 1 is 1.03 bits per heavy atom. The summed E-state index contributed by atoms with van der Waals surface area (Å²) in [4.78, 5) is 21.1. The molecule has 170 valence electrons. The van der Waals surface area contributed by atoms with Crippen molar-refractivity contribution < 1.29 is 18.3 Å². The number of hydrogen-bond acceptors (Lipinski definition) is 6. The Labute approximate surface area is 192 Å². The van der Waals surface area contributed by atoms with E-state index >= 15 is 0 Å². The summed E-state index contributed by atoms with van der Waals surface area (Å²) in [5, 5.41) is 10.1. The van der Waals surface area contributed by atoms with Crippen molar-refractivity contribution in [1.82, 2.24) is 14.4 Å². The fraction of sp³-hybridized carbons (Fsp3) is 0.240. The predicted molar refractivity (Wildman–Crippen MR) is 124 cm³/mol. The van der Waals surface area contributed by atoms with E-state index in [1.807, 2.05) is 6.92 Å². The van der Waals surface area contributed by atoms with Crippen LogP contribution in [0.2, 0.25) is 0 Å². The minimum atomic E-state index is -3.67. The number of carbonyl (C=O) groups is 1. The van der Waals surface area contributed by atoms with E-state index in [2.05, 4.69) is 9.97 Å². The number of sulfone groups is 1. The molecule has 0 aliphatic carbocycles. The molecule has 8 heteroatoms. The summed E-state index contributed by atoms with van der Waals surface area (Å²) in [6, 6.07) is 13.0. The Kier molecular flexibility index (Phi) is 6.67. The highest BCUT2D eigenvalue weighted by Crippen LogP contribution is 2.25. The molecule has 33 heavy (non-hydrogen) atoms.